The van der Waals surface area contributed by atoms with Gasteiger partial charge in [-0.1, -0.05) is 43.1 Å². The summed E-state index contributed by atoms with van der Waals surface area (Å²) in [5, 5.41) is 3.94. The molecule has 3 nitrogen and oxygen atoms in total. The van der Waals surface area contributed by atoms with Crippen molar-refractivity contribution >= 4 is 29.1 Å². The molecule has 1 unspecified atom stereocenters. The number of carbonyl (C=O) groups excluding carboxylic acids is 1. The SMILES string of the molecule is CC(N)CC(=O)NCC(C)(C)c1ccc(Cl)c(Cl)c1. The lowest BCUT2D eigenvalue weighted by atomic mass is 9.84. The van der Waals surface area contributed by atoms with Crippen molar-refractivity contribution in [3.8, 4) is 0 Å². The summed E-state index contributed by atoms with van der Waals surface area (Å²) in [5.74, 6) is -0.0388. The highest BCUT2D eigenvalue weighted by Crippen LogP contribution is 2.29. The summed E-state index contributed by atoms with van der Waals surface area (Å²) in [7, 11) is 0. The first-order valence-electron chi connectivity index (χ1n) is 6.20. The van der Waals surface area contributed by atoms with Crippen LogP contribution in [0.2, 0.25) is 10.0 Å². The van der Waals surface area contributed by atoms with Gasteiger partial charge < -0.3 is 11.1 Å². The first-order valence-corrected chi connectivity index (χ1v) is 6.96. The first-order chi connectivity index (χ1) is 8.72. The minimum atomic E-state index is -0.221. The summed E-state index contributed by atoms with van der Waals surface area (Å²) in [6.45, 7) is 6.41. The van der Waals surface area contributed by atoms with Crippen molar-refractivity contribution in [3.05, 3.63) is 33.8 Å². The monoisotopic (exact) mass is 302 g/mol. The van der Waals surface area contributed by atoms with E-state index in [9.17, 15) is 4.79 Å². The third-order valence-electron chi connectivity index (χ3n) is 2.94. The van der Waals surface area contributed by atoms with Gasteiger partial charge in [-0.15, -0.1) is 0 Å². The summed E-state index contributed by atoms with van der Waals surface area (Å²) in [6.07, 6.45) is 0.331. The summed E-state index contributed by atoms with van der Waals surface area (Å²) in [4.78, 5) is 11.6. The molecule has 106 valence electrons. The largest absolute Gasteiger partial charge is 0.355 e. The third-order valence-corrected chi connectivity index (χ3v) is 3.67. The van der Waals surface area contributed by atoms with Crippen LogP contribution in [0, 0.1) is 0 Å². The van der Waals surface area contributed by atoms with E-state index in [1.165, 1.54) is 0 Å². The molecule has 0 heterocycles. The highest BCUT2D eigenvalue weighted by Gasteiger charge is 2.22. The van der Waals surface area contributed by atoms with Crippen molar-refractivity contribution in [2.45, 2.75) is 38.6 Å². The number of halogens is 2. The molecule has 0 saturated carbocycles. The predicted octanol–water partition coefficient (Wildman–Crippen LogP) is 3.12. The Morgan fingerprint density at radius 2 is 2.00 bits per heavy atom. The van der Waals surface area contributed by atoms with Crippen molar-refractivity contribution in [1.29, 1.82) is 0 Å². The van der Waals surface area contributed by atoms with Crippen LogP contribution in [0.25, 0.3) is 0 Å². The van der Waals surface area contributed by atoms with E-state index in [4.69, 9.17) is 28.9 Å². The number of nitrogens with one attached hydrogen (secondary N) is 1. The van der Waals surface area contributed by atoms with Crippen LogP contribution in [0.3, 0.4) is 0 Å². The normalized spacial score (nSPS) is 13.2. The highest BCUT2D eigenvalue weighted by molar-refractivity contribution is 6.42. The number of carbonyl (C=O) groups is 1. The molecule has 1 aromatic carbocycles. The number of hydrogen-bond acceptors (Lipinski definition) is 2. The van der Waals surface area contributed by atoms with Crippen LogP contribution in [0.1, 0.15) is 32.8 Å². The molecule has 0 radical (unpaired) electrons. The van der Waals surface area contributed by atoms with Crippen LogP contribution in [0.5, 0.6) is 0 Å². The van der Waals surface area contributed by atoms with Crippen molar-refractivity contribution in [1.82, 2.24) is 5.32 Å². The second kappa shape index (κ2) is 6.60. The number of nitrogens with two attached hydrogens (primary N) is 1. The molecule has 1 amide bonds. The second-order valence-corrected chi connectivity index (χ2v) is 6.29. The van der Waals surface area contributed by atoms with E-state index >= 15 is 0 Å². The Morgan fingerprint density at radius 3 is 2.53 bits per heavy atom. The molecule has 3 N–H and O–H groups in total. The third kappa shape index (κ3) is 5.01. The molecule has 0 aliphatic rings. The molecule has 0 aromatic heterocycles. The number of rotatable bonds is 5. The lowest BCUT2D eigenvalue weighted by Gasteiger charge is -2.26. The van der Waals surface area contributed by atoms with Gasteiger partial charge >= 0.3 is 0 Å². The minimum Gasteiger partial charge on any atom is -0.355 e. The predicted molar refractivity (Wildman–Crippen MR) is 80.8 cm³/mol. The number of benzene rings is 1. The standard InChI is InChI=1S/C14H20Cl2N2O/c1-9(17)6-13(19)18-8-14(2,3)10-4-5-11(15)12(16)7-10/h4-5,7,9H,6,8,17H2,1-3H3,(H,18,19). The average Bonchev–Trinajstić information content (AvgIpc) is 2.29. The van der Waals surface area contributed by atoms with E-state index in [2.05, 4.69) is 5.32 Å². The Kier molecular flexibility index (Phi) is 5.65. The van der Waals surface area contributed by atoms with Gasteiger partial charge in [0.05, 0.1) is 10.0 Å². The topological polar surface area (TPSA) is 55.1 Å². The Balaban J connectivity index is 2.69. The van der Waals surface area contributed by atoms with E-state index in [1.807, 2.05) is 32.9 Å². The van der Waals surface area contributed by atoms with E-state index < -0.39 is 0 Å². The maximum absolute atomic E-state index is 11.6. The van der Waals surface area contributed by atoms with Gasteiger partial charge in [-0.05, 0) is 24.6 Å². The highest BCUT2D eigenvalue weighted by atomic mass is 35.5. The molecular formula is C14H20Cl2N2O. The van der Waals surface area contributed by atoms with Crippen molar-refractivity contribution in [2.24, 2.45) is 5.73 Å². The van der Waals surface area contributed by atoms with Crippen molar-refractivity contribution in [2.75, 3.05) is 6.54 Å². The first kappa shape index (κ1) is 16.3. The van der Waals surface area contributed by atoms with Gasteiger partial charge in [-0.25, -0.2) is 0 Å². The smallest absolute Gasteiger partial charge is 0.221 e. The van der Waals surface area contributed by atoms with Gasteiger partial charge in [0.2, 0.25) is 5.91 Å². The van der Waals surface area contributed by atoms with Crippen molar-refractivity contribution in [3.63, 3.8) is 0 Å². The maximum atomic E-state index is 11.6. The molecule has 0 spiro atoms. The zero-order valence-electron chi connectivity index (χ0n) is 11.5. The average molecular weight is 303 g/mol. The molecule has 1 rings (SSSR count). The van der Waals surface area contributed by atoms with Crippen LogP contribution in [-0.4, -0.2) is 18.5 Å². The zero-order valence-corrected chi connectivity index (χ0v) is 13.0. The van der Waals surface area contributed by atoms with Crippen LogP contribution < -0.4 is 11.1 Å². The number of amides is 1. The summed E-state index contributed by atoms with van der Waals surface area (Å²) in [5.41, 5.74) is 6.40. The van der Waals surface area contributed by atoms with E-state index in [1.54, 1.807) is 6.07 Å². The lowest BCUT2D eigenvalue weighted by molar-refractivity contribution is -0.121. The fraction of sp³-hybridized carbons (Fsp3) is 0.500. The molecular weight excluding hydrogens is 283 g/mol. The van der Waals surface area contributed by atoms with Gasteiger partial charge in [0, 0.05) is 24.4 Å². The Morgan fingerprint density at radius 1 is 1.37 bits per heavy atom. The van der Waals surface area contributed by atoms with Gasteiger partial charge in [0.15, 0.2) is 0 Å². The summed E-state index contributed by atoms with van der Waals surface area (Å²) >= 11 is 11.9. The fourth-order valence-electron chi connectivity index (χ4n) is 1.70. The maximum Gasteiger partial charge on any atom is 0.221 e. The van der Waals surface area contributed by atoms with Crippen LogP contribution in [0.15, 0.2) is 18.2 Å². The molecule has 0 saturated heterocycles. The molecule has 1 atom stereocenters. The number of hydrogen-bond donors (Lipinski definition) is 2. The van der Waals surface area contributed by atoms with Gasteiger partial charge in [0.25, 0.3) is 0 Å². The second-order valence-electron chi connectivity index (χ2n) is 5.47. The van der Waals surface area contributed by atoms with Crippen LogP contribution in [-0.2, 0) is 10.2 Å². The molecule has 0 fully saturated rings. The van der Waals surface area contributed by atoms with E-state index in [-0.39, 0.29) is 17.4 Å². The van der Waals surface area contributed by atoms with Gasteiger partial charge in [-0.3, -0.25) is 4.79 Å². The summed E-state index contributed by atoms with van der Waals surface area (Å²) in [6, 6.07) is 5.39. The quantitative estimate of drug-likeness (QED) is 0.878. The molecule has 0 bridgehead atoms. The summed E-state index contributed by atoms with van der Waals surface area (Å²) < 4.78 is 0. The van der Waals surface area contributed by atoms with Crippen LogP contribution >= 0.6 is 23.2 Å². The van der Waals surface area contributed by atoms with Gasteiger partial charge in [0.1, 0.15) is 0 Å². The van der Waals surface area contributed by atoms with E-state index in [0.717, 1.165) is 5.56 Å². The van der Waals surface area contributed by atoms with Crippen LogP contribution in [0.4, 0.5) is 0 Å². The molecule has 1 aromatic rings. The lowest BCUT2D eigenvalue weighted by Crippen LogP contribution is -2.38. The van der Waals surface area contributed by atoms with Gasteiger partial charge in [-0.2, -0.15) is 0 Å². The molecule has 19 heavy (non-hydrogen) atoms. The molecule has 0 aliphatic heterocycles. The zero-order chi connectivity index (χ0) is 14.6. The molecule has 5 heteroatoms. The Labute approximate surface area is 124 Å². The molecule has 0 aliphatic carbocycles. The minimum absolute atomic E-state index is 0.0388. The fourth-order valence-corrected chi connectivity index (χ4v) is 2.00. The van der Waals surface area contributed by atoms with E-state index in [0.29, 0.717) is 23.0 Å². The van der Waals surface area contributed by atoms with Crippen molar-refractivity contribution < 1.29 is 4.79 Å². The Bertz CT molecular complexity index is 459. The Hall–Kier alpha value is -0.770.